The largest absolute Gasteiger partial charge is 0.198 e. The number of allylic oxidation sites excluding steroid dienone is 2. The first-order valence-corrected chi connectivity index (χ1v) is 4.34. The second-order valence-corrected chi connectivity index (χ2v) is 3.60. The summed E-state index contributed by atoms with van der Waals surface area (Å²) in [7, 11) is 0. The van der Waals surface area contributed by atoms with Crippen LogP contribution in [0, 0.1) is 46.3 Å². The van der Waals surface area contributed by atoms with Crippen molar-refractivity contribution >= 4 is 0 Å². The molecule has 60 valence electrons. The summed E-state index contributed by atoms with van der Waals surface area (Å²) in [6.45, 7) is 0. The molecule has 2 nitrogen and oxygen atoms in total. The lowest BCUT2D eigenvalue weighted by Crippen LogP contribution is -2.35. The Balaban J connectivity index is 2.33. The van der Waals surface area contributed by atoms with Gasteiger partial charge in [-0.25, -0.2) is 0 Å². The van der Waals surface area contributed by atoms with E-state index in [1.165, 1.54) is 0 Å². The van der Waals surface area contributed by atoms with Crippen LogP contribution in [0.25, 0.3) is 0 Å². The highest BCUT2D eigenvalue weighted by atomic mass is 14.5. The lowest BCUT2D eigenvalue weighted by Gasteiger charge is -2.38. The molecular formula is C10H10N2. The summed E-state index contributed by atoms with van der Waals surface area (Å²) in [5, 5.41) is 17.8. The number of rotatable bonds is 0. The second-order valence-electron chi connectivity index (χ2n) is 3.60. The second kappa shape index (κ2) is 2.64. The zero-order valence-corrected chi connectivity index (χ0v) is 6.77. The molecule has 0 N–H and O–H groups in total. The monoisotopic (exact) mass is 158 g/mol. The molecule has 0 aromatic heterocycles. The molecule has 0 saturated heterocycles. The van der Waals surface area contributed by atoms with Crippen LogP contribution in [-0.4, -0.2) is 0 Å². The Bertz CT molecular complexity index is 262. The van der Waals surface area contributed by atoms with Crippen molar-refractivity contribution in [2.75, 3.05) is 0 Å². The molecular weight excluding hydrogens is 148 g/mol. The highest BCUT2D eigenvalue weighted by Crippen LogP contribution is 2.43. The van der Waals surface area contributed by atoms with Crippen LogP contribution in [0.15, 0.2) is 12.2 Å². The molecule has 4 atom stereocenters. The molecule has 2 bridgehead atoms. The fourth-order valence-electron chi connectivity index (χ4n) is 2.35. The lowest BCUT2D eigenvalue weighted by molar-refractivity contribution is 0.209. The molecule has 4 unspecified atom stereocenters. The van der Waals surface area contributed by atoms with E-state index in [0.717, 1.165) is 12.8 Å². The summed E-state index contributed by atoms with van der Waals surface area (Å²) in [6.07, 6.45) is 6.43. The van der Waals surface area contributed by atoms with Gasteiger partial charge in [-0.15, -0.1) is 0 Å². The molecule has 0 aliphatic heterocycles. The molecule has 12 heavy (non-hydrogen) atoms. The van der Waals surface area contributed by atoms with Gasteiger partial charge in [-0.1, -0.05) is 12.2 Å². The van der Waals surface area contributed by atoms with Crippen LogP contribution >= 0.6 is 0 Å². The molecule has 0 spiro atoms. The normalized spacial score (nSPS) is 43.5. The Morgan fingerprint density at radius 2 is 1.33 bits per heavy atom. The van der Waals surface area contributed by atoms with E-state index in [1.807, 2.05) is 0 Å². The smallest absolute Gasteiger partial charge is 0.0689 e. The van der Waals surface area contributed by atoms with E-state index in [1.54, 1.807) is 0 Å². The van der Waals surface area contributed by atoms with Crippen LogP contribution < -0.4 is 0 Å². The van der Waals surface area contributed by atoms with Gasteiger partial charge in [-0.05, 0) is 24.7 Å². The summed E-state index contributed by atoms with van der Waals surface area (Å²) in [5.74, 6) is 0.617. The third kappa shape index (κ3) is 0.850. The predicted octanol–water partition coefficient (Wildman–Crippen LogP) is 1.86. The number of hydrogen-bond donors (Lipinski definition) is 0. The number of hydrogen-bond acceptors (Lipinski definition) is 2. The summed E-state index contributed by atoms with van der Waals surface area (Å²) < 4.78 is 0. The van der Waals surface area contributed by atoms with Crippen molar-refractivity contribution in [3.05, 3.63) is 12.2 Å². The van der Waals surface area contributed by atoms with Crippen molar-refractivity contribution in [3.8, 4) is 12.1 Å². The Kier molecular flexibility index (Phi) is 1.62. The molecule has 0 radical (unpaired) electrons. The number of nitriles is 2. The molecule has 3 rings (SSSR count). The van der Waals surface area contributed by atoms with E-state index < -0.39 is 0 Å². The minimum atomic E-state index is -0.0428. The fraction of sp³-hybridized carbons (Fsp3) is 0.600. The van der Waals surface area contributed by atoms with Gasteiger partial charge < -0.3 is 0 Å². The third-order valence-electron chi connectivity index (χ3n) is 3.05. The first-order valence-electron chi connectivity index (χ1n) is 4.34. The van der Waals surface area contributed by atoms with Gasteiger partial charge in [0.05, 0.1) is 24.0 Å². The standard InChI is InChI=1S/C10H10N2/c11-5-9-7-1-2-8(4-3-7)10(9)6-12/h1-2,7-10H,3-4H2. The maximum Gasteiger partial charge on any atom is 0.0689 e. The van der Waals surface area contributed by atoms with Crippen LogP contribution in [0.2, 0.25) is 0 Å². The van der Waals surface area contributed by atoms with Crippen LogP contribution in [0.3, 0.4) is 0 Å². The summed E-state index contributed by atoms with van der Waals surface area (Å²) in [6, 6.07) is 4.53. The molecule has 1 fully saturated rings. The molecule has 2 heteroatoms. The first-order chi connectivity index (χ1) is 5.86. The van der Waals surface area contributed by atoms with E-state index in [2.05, 4.69) is 24.3 Å². The van der Waals surface area contributed by atoms with Gasteiger partial charge in [0, 0.05) is 0 Å². The fourth-order valence-corrected chi connectivity index (χ4v) is 2.35. The van der Waals surface area contributed by atoms with E-state index in [9.17, 15) is 0 Å². The lowest BCUT2D eigenvalue weighted by atomic mass is 9.63. The molecule has 3 aliphatic carbocycles. The Morgan fingerprint density at radius 3 is 1.58 bits per heavy atom. The van der Waals surface area contributed by atoms with Crippen LogP contribution in [0.4, 0.5) is 0 Å². The van der Waals surface area contributed by atoms with Crippen molar-refractivity contribution in [3.63, 3.8) is 0 Å². The first kappa shape index (κ1) is 7.37. The summed E-state index contributed by atoms with van der Waals surface area (Å²) >= 11 is 0. The van der Waals surface area contributed by atoms with Gasteiger partial charge in [0.1, 0.15) is 0 Å². The average molecular weight is 158 g/mol. The van der Waals surface area contributed by atoms with E-state index in [-0.39, 0.29) is 11.8 Å². The predicted molar refractivity (Wildman–Crippen MR) is 43.6 cm³/mol. The summed E-state index contributed by atoms with van der Waals surface area (Å²) in [4.78, 5) is 0. The minimum Gasteiger partial charge on any atom is -0.198 e. The highest BCUT2D eigenvalue weighted by Gasteiger charge is 2.40. The van der Waals surface area contributed by atoms with E-state index >= 15 is 0 Å². The SMILES string of the molecule is N#CC1C2C=CC(CC2)C1C#N. The van der Waals surface area contributed by atoms with Gasteiger partial charge >= 0.3 is 0 Å². The Labute approximate surface area is 72.1 Å². The highest BCUT2D eigenvalue weighted by molar-refractivity contribution is 5.18. The number of fused-ring (bicyclic) bond motifs is 2. The minimum absolute atomic E-state index is 0.0428. The van der Waals surface area contributed by atoms with Gasteiger partial charge in [0.25, 0.3) is 0 Å². The van der Waals surface area contributed by atoms with Crippen LogP contribution in [0.1, 0.15) is 12.8 Å². The van der Waals surface area contributed by atoms with Gasteiger partial charge in [-0.3, -0.25) is 0 Å². The topological polar surface area (TPSA) is 47.6 Å². The van der Waals surface area contributed by atoms with Crippen LogP contribution in [-0.2, 0) is 0 Å². The maximum absolute atomic E-state index is 8.88. The average Bonchev–Trinajstić information content (AvgIpc) is 2.18. The zero-order valence-electron chi connectivity index (χ0n) is 6.77. The molecule has 0 aromatic rings. The van der Waals surface area contributed by atoms with Crippen molar-refractivity contribution in [2.24, 2.45) is 23.7 Å². The molecule has 0 aromatic carbocycles. The molecule has 3 aliphatic rings. The number of nitrogens with zero attached hydrogens (tertiary/aromatic N) is 2. The maximum atomic E-state index is 8.88. The third-order valence-corrected chi connectivity index (χ3v) is 3.05. The Hall–Kier alpha value is -1.28. The van der Waals surface area contributed by atoms with Gasteiger partial charge in [-0.2, -0.15) is 10.5 Å². The van der Waals surface area contributed by atoms with Crippen molar-refractivity contribution in [2.45, 2.75) is 12.8 Å². The van der Waals surface area contributed by atoms with Crippen molar-refractivity contribution in [1.29, 1.82) is 10.5 Å². The molecule has 0 heterocycles. The zero-order chi connectivity index (χ0) is 8.55. The van der Waals surface area contributed by atoms with E-state index in [4.69, 9.17) is 10.5 Å². The quantitative estimate of drug-likeness (QED) is 0.505. The van der Waals surface area contributed by atoms with E-state index in [0.29, 0.717) is 11.8 Å². The van der Waals surface area contributed by atoms with Crippen molar-refractivity contribution < 1.29 is 0 Å². The van der Waals surface area contributed by atoms with Gasteiger partial charge in [0.15, 0.2) is 0 Å². The molecule has 0 amide bonds. The summed E-state index contributed by atoms with van der Waals surface area (Å²) in [5.41, 5.74) is 0. The van der Waals surface area contributed by atoms with Crippen LogP contribution in [0.5, 0.6) is 0 Å². The Morgan fingerprint density at radius 1 is 0.917 bits per heavy atom. The van der Waals surface area contributed by atoms with Gasteiger partial charge in [0.2, 0.25) is 0 Å². The van der Waals surface area contributed by atoms with Crippen molar-refractivity contribution in [1.82, 2.24) is 0 Å². The molecule has 1 saturated carbocycles.